The summed E-state index contributed by atoms with van der Waals surface area (Å²) < 4.78 is 30.4. The fourth-order valence-electron chi connectivity index (χ4n) is 3.10. The third kappa shape index (κ3) is 5.19. The second kappa shape index (κ2) is 9.30. The van der Waals surface area contributed by atoms with Crippen LogP contribution in [-0.4, -0.2) is 12.1 Å². The molecule has 158 valence electrons. The molecule has 0 radical (unpaired) electrons. The quantitative estimate of drug-likeness (QED) is 0.371. The molecular weight excluding hydrogens is 411 g/mol. The molecule has 2 aromatic carbocycles. The van der Waals surface area contributed by atoms with Crippen LogP contribution in [0.1, 0.15) is 37.0 Å². The van der Waals surface area contributed by atoms with E-state index < -0.39 is 11.4 Å². The minimum Gasteiger partial charge on any atom is -0.488 e. The Bertz CT molecular complexity index is 1120. The molecule has 0 bridgehead atoms. The number of halogens is 2. The number of hydrogen-bond donors (Lipinski definition) is 0. The molecule has 0 spiro atoms. The molecule has 3 aromatic rings. The highest BCUT2D eigenvalue weighted by Gasteiger charge is 2.15. The Hall–Kier alpha value is -2.86. The lowest BCUT2D eigenvalue weighted by Gasteiger charge is -2.15. The monoisotopic (exact) mass is 432 g/mol. The highest BCUT2D eigenvalue weighted by atomic mass is 35.5. The molecule has 0 aliphatic heterocycles. The first-order chi connectivity index (χ1) is 14.2. The van der Waals surface area contributed by atoms with Crippen molar-refractivity contribution >= 4 is 28.5 Å². The van der Waals surface area contributed by atoms with Gasteiger partial charge in [-0.15, -0.1) is 0 Å². The van der Waals surface area contributed by atoms with Gasteiger partial charge >= 0.3 is 11.6 Å². The number of hydrogen-bond acceptors (Lipinski definition) is 5. The van der Waals surface area contributed by atoms with Gasteiger partial charge in [0.15, 0.2) is 0 Å². The molecule has 0 atom stereocenters. The van der Waals surface area contributed by atoms with E-state index in [2.05, 4.69) is 0 Å². The van der Waals surface area contributed by atoms with Gasteiger partial charge in [-0.25, -0.2) is 9.18 Å². The van der Waals surface area contributed by atoms with Crippen LogP contribution < -0.4 is 10.4 Å². The standard InChI is InChI=1S/C23H22ClFO5/c1-13(2)29-22(26)8-7-15-10-16-14(3)9-23(27)30-21(16)11-20(15)28-12-17-18(24)5-4-6-19(17)25/h4-6,9-11,13H,7-8,12H2,1-3H3. The van der Waals surface area contributed by atoms with Crippen molar-refractivity contribution in [3.8, 4) is 5.75 Å². The van der Waals surface area contributed by atoms with Crippen LogP contribution in [0.15, 0.2) is 45.6 Å². The lowest BCUT2D eigenvalue weighted by molar-refractivity contribution is -0.147. The normalized spacial score (nSPS) is 11.1. The SMILES string of the molecule is Cc1cc(=O)oc2cc(OCc3c(F)cccc3Cl)c(CCC(=O)OC(C)C)cc12. The van der Waals surface area contributed by atoms with E-state index in [1.807, 2.05) is 6.07 Å². The van der Waals surface area contributed by atoms with Crippen molar-refractivity contribution in [2.75, 3.05) is 0 Å². The number of esters is 1. The molecule has 0 fully saturated rings. The van der Waals surface area contributed by atoms with Crippen molar-refractivity contribution in [3.63, 3.8) is 0 Å². The number of fused-ring (bicyclic) bond motifs is 1. The van der Waals surface area contributed by atoms with Gasteiger partial charge in [-0.05, 0) is 56.5 Å². The van der Waals surface area contributed by atoms with Gasteiger partial charge in [0, 0.05) is 29.5 Å². The molecule has 0 saturated heterocycles. The van der Waals surface area contributed by atoms with Crippen LogP contribution in [-0.2, 0) is 22.6 Å². The Morgan fingerprint density at radius 2 is 2.00 bits per heavy atom. The van der Waals surface area contributed by atoms with Crippen molar-refractivity contribution in [1.29, 1.82) is 0 Å². The molecule has 1 aromatic heterocycles. The minimum atomic E-state index is -0.479. The Kier molecular flexibility index (Phi) is 6.77. The van der Waals surface area contributed by atoms with E-state index in [-0.39, 0.29) is 35.7 Å². The number of carbonyl (C=O) groups is 1. The van der Waals surface area contributed by atoms with E-state index in [0.717, 1.165) is 10.9 Å². The first-order valence-corrected chi connectivity index (χ1v) is 9.95. The van der Waals surface area contributed by atoms with Crippen LogP contribution in [0.2, 0.25) is 5.02 Å². The molecule has 3 rings (SSSR count). The number of carbonyl (C=O) groups excluding carboxylic acids is 1. The van der Waals surface area contributed by atoms with E-state index in [1.54, 1.807) is 32.9 Å². The van der Waals surface area contributed by atoms with Gasteiger partial charge in [-0.2, -0.15) is 0 Å². The zero-order valence-electron chi connectivity index (χ0n) is 17.0. The molecule has 0 unspecified atom stereocenters. The zero-order chi connectivity index (χ0) is 21.8. The van der Waals surface area contributed by atoms with E-state index in [0.29, 0.717) is 23.3 Å². The van der Waals surface area contributed by atoms with Crippen LogP contribution in [0.4, 0.5) is 4.39 Å². The molecule has 0 aliphatic rings. The second-order valence-corrected chi connectivity index (χ2v) is 7.64. The first-order valence-electron chi connectivity index (χ1n) is 9.57. The summed E-state index contributed by atoms with van der Waals surface area (Å²) in [6, 6.07) is 9.19. The highest BCUT2D eigenvalue weighted by Crippen LogP contribution is 2.30. The zero-order valence-corrected chi connectivity index (χ0v) is 17.7. The van der Waals surface area contributed by atoms with Gasteiger partial charge in [-0.3, -0.25) is 4.79 Å². The topological polar surface area (TPSA) is 65.7 Å². The summed E-state index contributed by atoms with van der Waals surface area (Å²) in [7, 11) is 0. The van der Waals surface area contributed by atoms with Crippen molar-refractivity contribution in [3.05, 3.63) is 74.3 Å². The first kappa shape index (κ1) is 21.8. The van der Waals surface area contributed by atoms with Crippen molar-refractivity contribution in [2.45, 2.75) is 46.3 Å². The summed E-state index contributed by atoms with van der Waals surface area (Å²) in [6.07, 6.45) is 0.293. The van der Waals surface area contributed by atoms with E-state index in [9.17, 15) is 14.0 Å². The summed E-state index contributed by atoms with van der Waals surface area (Å²) in [4.78, 5) is 23.7. The number of rotatable bonds is 7. The van der Waals surface area contributed by atoms with Crippen LogP contribution in [0.5, 0.6) is 5.75 Å². The summed E-state index contributed by atoms with van der Waals surface area (Å²) in [5, 5.41) is 0.985. The smallest absolute Gasteiger partial charge is 0.336 e. The van der Waals surface area contributed by atoms with Gasteiger partial charge < -0.3 is 13.9 Å². The van der Waals surface area contributed by atoms with E-state index >= 15 is 0 Å². The van der Waals surface area contributed by atoms with Gasteiger partial charge in [0.25, 0.3) is 0 Å². The van der Waals surface area contributed by atoms with Gasteiger partial charge in [0.2, 0.25) is 0 Å². The van der Waals surface area contributed by atoms with Crippen LogP contribution in [0.3, 0.4) is 0 Å². The third-order valence-electron chi connectivity index (χ3n) is 4.53. The van der Waals surface area contributed by atoms with Gasteiger partial charge in [-0.1, -0.05) is 17.7 Å². The Labute approximate surface area is 178 Å². The number of aryl methyl sites for hydroxylation is 2. The molecule has 0 aliphatic carbocycles. The Morgan fingerprint density at radius 1 is 1.23 bits per heavy atom. The van der Waals surface area contributed by atoms with Crippen LogP contribution in [0.25, 0.3) is 11.0 Å². The molecule has 1 heterocycles. The third-order valence-corrected chi connectivity index (χ3v) is 4.89. The number of ether oxygens (including phenoxy) is 2. The summed E-state index contributed by atoms with van der Waals surface area (Å²) >= 11 is 6.08. The van der Waals surface area contributed by atoms with Crippen LogP contribution in [0, 0.1) is 12.7 Å². The van der Waals surface area contributed by atoms with Crippen molar-refractivity contribution in [1.82, 2.24) is 0 Å². The summed E-state index contributed by atoms with van der Waals surface area (Å²) in [6.45, 7) is 5.25. The predicted molar refractivity (Wildman–Crippen MR) is 113 cm³/mol. The van der Waals surface area contributed by atoms with E-state index in [1.165, 1.54) is 18.2 Å². The average molecular weight is 433 g/mol. The molecule has 7 heteroatoms. The molecule has 5 nitrogen and oxygen atoms in total. The molecule has 30 heavy (non-hydrogen) atoms. The van der Waals surface area contributed by atoms with E-state index in [4.69, 9.17) is 25.5 Å². The molecule has 0 saturated carbocycles. The van der Waals surface area contributed by atoms with Gasteiger partial charge in [0.1, 0.15) is 23.8 Å². The van der Waals surface area contributed by atoms with Gasteiger partial charge in [0.05, 0.1) is 11.1 Å². The maximum Gasteiger partial charge on any atom is 0.336 e. The lowest BCUT2D eigenvalue weighted by Crippen LogP contribution is -2.12. The lowest BCUT2D eigenvalue weighted by atomic mass is 10.0. The predicted octanol–water partition coefficient (Wildman–Crippen LogP) is 5.36. The van der Waals surface area contributed by atoms with Crippen LogP contribution >= 0.6 is 11.6 Å². The summed E-state index contributed by atoms with van der Waals surface area (Å²) in [5.41, 5.74) is 1.55. The number of benzene rings is 2. The molecular formula is C23H22ClFO5. The Morgan fingerprint density at radius 3 is 2.70 bits per heavy atom. The Balaban J connectivity index is 1.94. The largest absolute Gasteiger partial charge is 0.488 e. The fraction of sp³-hybridized carbons (Fsp3) is 0.304. The average Bonchev–Trinajstić information content (AvgIpc) is 2.65. The fourth-order valence-corrected chi connectivity index (χ4v) is 3.32. The maximum atomic E-state index is 14.1. The second-order valence-electron chi connectivity index (χ2n) is 7.23. The maximum absolute atomic E-state index is 14.1. The van der Waals surface area contributed by atoms with Crippen molar-refractivity contribution < 1.29 is 23.1 Å². The minimum absolute atomic E-state index is 0.115. The molecule has 0 N–H and O–H groups in total. The summed E-state index contributed by atoms with van der Waals surface area (Å²) in [5.74, 6) is -0.426. The highest BCUT2D eigenvalue weighted by molar-refractivity contribution is 6.31. The molecule has 0 amide bonds. The van der Waals surface area contributed by atoms with Crippen molar-refractivity contribution in [2.24, 2.45) is 0 Å².